The predicted molar refractivity (Wildman–Crippen MR) is 166 cm³/mol. The molecule has 4 aromatic carbocycles. The molecule has 0 aliphatic carbocycles. The first-order valence-electron chi connectivity index (χ1n) is 13.1. The molecule has 14 heteroatoms. The highest BCUT2D eigenvalue weighted by molar-refractivity contribution is 9.10. The van der Waals surface area contributed by atoms with E-state index in [-0.39, 0.29) is 38.1 Å². The second kappa shape index (κ2) is 12.7. The predicted octanol–water partition coefficient (Wildman–Crippen LogP) is 6.96. The molecule has 0 spiro atoms. The number of hydrogen-bond donors (Lipinski definition) is 1. The number of carbonyl (C=O) groups excluding carboxylic acids is 1. The van der Waals surface area contributed by atoms with Crippen LogP contribution in [0.25, 0.3) is 22.3 Å². The van der Waals surface area contributed by atoms with E-state index >= 15 is 0 Å². The number of aromatic nitrogens is 2. The number of aryl methyl sites for hydroxylation is 1. The Balaban J connectivity index is 1.50. The normalized spacial score (nSPS) is 11.6. The molecular weight excluding hydrogens is 659 g/mol. The molecule has 0 aliphatic rings. The number of amides is 1. The highest BCUT2D eigenvalue weighted by atomic mass is 79.9. The molecule has 0 saturated carbocycles. The van der Waals surface area contributed by atoms with Crippen LogP contribution in [0.15, 0.2) is 99.3 Å². The lowest BCUT2D eigenvalue weighted by Gasteiger charge is -2.12. The summed E-state index contributed by atoms with van der Waals surface area (Å²) in [6, 6.07) is 20.2. The topological polar surface area (TPSA) is 129 Å². The Bertz CT molecular complexity index is 2050. The summed E-state index contributed by atoms with van der Waals surface area (Å²) in [5.41, 5.74) is -0.375. The number of halogens is 4. The maximum absolute atomic E-state index is 13.5. The lowest BCUT2D eigenvalue weighted by Crippen LogP contribution is -2.21. The lowest BCUT2D eigenvalue weighted by molar-refractivity contribution is -0.385. The first-order valence-corrected chi connectivity index (χ1v) is 13.9. The summed E-state index contributed by atoms with van der Waals surface area (Å²) in [6.07, 6.45) is -3.52. The van der Waals surface area contributed by atoms with E-state index in [0.29, 0.717) is 5.69 Å². The number of hydrogen-bond acceptors (Lipinski definition) is 7. The number of nitro groups is 1. The number of alkyl halides is 3. The molecule has 0 atom stereocenters. The fourth-order valence-electron chi connectivity index (χ4n) is 4.37. The molecule has 45 heavy (non-hydrogen) atoms. The SMILES string of the molecule is Cc1ccccc1NC(=O)COc1c(Br)cc(C=Nn2c(-c3cccc(C(F)(F)F)c3)nc3ccccc3c2=O)cc1[N+](=O)[O-]. The third-order valence-corrected chi connectivity index (χ3v) is 7.12. The number of ether oxygens (including phenoxy) is 1. The van der Waals surface area contributed by atoms with Crippen LogP contribution >= 0.6 is 15.9 Å². The summed E-state index contributed by atoms with van der Waals surface area (Å²) in [5.74, 6) is -0.929. The van der Waals surface area contributed by atoms with Crippen molar-refractivity contribution in [3.63, 3.8) is 0 Å². The minimum absolute atomic E-state index is 0.0234. The van der Waals surface area contributed by atoms with Gasteiger partial charge in [0.25, 0.3) is 11.5 Å². The van der Waals surface area contributed by atoms with Gasteiger partial charge in [0.2, 0.25) is 5.75 Å². The minimum Gasteiger partial charge on any atom is -0.476 e. The van der Waals surface area contributed by atoms with Gasteiger partial charge in [0.1, 0.15) is 0 Å². The van der Waals surface area contributed by atoms with Crippen LogP contribution in [0.5, 0.6) is 5.75 Å². The largest absolute Gasteiger partial charge is 0.476 e. The summed E-state index contributed by atoms with van der Waals surface area (Å²) in [7, 11) is 0. The molecule has 0 bridgehead atoms. The van der Waals surface area contributed by atoms with Crippen molar-refractivity contribution < 1.29 is 27.6 Å². The maximum Gasteiger partial charge on any atom is 0.416 e. The van der Waals surface area contributed by atoms with Gasteiger partial charge in [-0.3, -0.25) is 19.7 Å². The van der Waals surface area contributed by atoms with E-state index in [2.05, 4.69) is 31.3 Å². The number of nitrogens with zero attached hydrogens (tertiary/aromatic N) is 4. The molecule has 1 N–H and O–H groups in total. The second-order valence-electron chi connectivity index (χ2n) is 9.65. The van der Waals surface area contributed by atoms with Crippen molar-refractivity contribution >= 4 is 50.3 Å². The van der Waals surface area contributed by atoms with Crippen molar-refractivity contribution in [1.82, 2.24) is 9.66 Å². The summed E-state index contributed by atoms with van der Waals surface area (Å²) in [6.45, 7) is 1.28. The van der Waals surface area contributed by atoms with Crippen LogP contribution in [0.1, 0.15) is 16.7 Å². The lowest BCUT2D eigenvalue weighted by atomic mass is 10.1. The Morgan fingerprint density at radius 1 is 1.09 bits per heavy atom. The number of para-hydroxylation sites is 2. The molecule has 1 aromatic heterocycles. The van der Waals surface area contributed by atoms with Crippen molar-refractivity contribution in [1.29, 1.82) is 0 Å². The van der Waals surface area contributed by atoms with Gasteiger partial charge in [-0.2, -0.15) is 22.9 Å². The summed E-state index contributed by atoms with van der Waals surface area (Å²) in [4.78, 5) is 41.5. The average molecular weight is 680 g/mol. The van der Waals surface area contributed by atoms with Crippen molar-refractivity contribution in [3.05, 3.63) is 127 Å². The standard InChI is InChI=1S/C31H21BrF3N5O5/c1-18-7-2-4-11-24(18)37-27(41)17-45-28-23(32)13-19(14-26(28)40(43)44)16-36-39-29(20-8-6-9-21(15-20)31(33,34)35)38-25-12-5-3-10-22(25)30(39)42/h2-16H,17H2,1H3,(H,37,41). The smallest absolute Gasteiger partial charge is 0.416 e. The molecule has 1 heterocycles. The van der Waals surface area contributed by atoms with Gasteiger partial charge in [-0.25, -0.2) is 4.98 Å². The number of carbonyl (C=O) groups is 1. The van der Waals surface area contributed by atoms with Crippen LogP contribution in [-0.4, -0.2) is 33.3 Å². The Morgan fingerprint density at radius 2 is 1.82 bits per heavy atom. The van der Waals surface area contributed by atoms with Gasteiger partial charge in [0, 0.05) is 22.9 Å². The van der Waals surface area contributed by atoms with E-state index in [4.69, 9.17) is 4.74 Å². The summed E-state index contributed by atoms with van der Waals surface area (Å²) < 4.78 is 46.8. The van der Waals surface area contributed by atoms with Crippen LogP contribution in [0.4, 0.5) is 24.5 Å². The fourth-order valence-corrected chi connectivity index (χ4v) is 4.95. The Hall–Kier alpha value is -5.37. The number of benzene rings is 4. The number of anilines is 1. The molecule has 10 nitrogen and oxygen atoms in total. The highest BCUT2D eigenvalue weighted by Gasteiger charge is 2.31. The van der Waals surface area contributed by atoms with Gasteiger partial charge in [0.15, 0.2) is 12.4 Å². The first-order chi connectivity index (χ1) is 21.4. The molecule has 0 radical (unpaired) electrons. The van der Waals surface area contributed by atoms with Gasteiger partial charge in [-0.15, -0.1) is 0 Å². The van der Waals surface area contributed by atoms with Crippen LogP contribution in [0.2, 0.25) is 0 Å². The molecule has 228 valence electrons. The molecule has 1 amide bonds. The number of nitrogens with one attached hydrogen (secondary N) is 1. The first kappa shape index (κ1) is 31.1. The van der Waals surface area contributed by atoms with E-state index in [1.807, 2.05) is 19.1 Å². The zero-order chi connectivity index (χ0) is 32.3. The van der Waals surface area contributed by atoms with Crippen molar-refractivity contribution in [3.8, 4) is 17.1 Å². The zero-order valence-corrected chi connectivity index (χ0v) is 24.8. The number of nitro benzene ring substituents is 1. The van der Waals surface area contributed by atoms with Crippen LogP contribution in [-0.2, 0) is 11.0 Å². The van der Waals surface area contributed by atoms with Crippen LogP contribution in [0, 0.1) is 17.0 Å². The molecule has 5 aromatic rings. The number of rotatable bonds is 8. The zero-order valence-electron chi connectivity index (χ0n) is 23.2. The summed E-state index contributed by atoms with van der Waals surface area (Å²) >= 11 is 3.24. The van der Waals surface area contributed by atoms with E-state index < -0.39 is 40.4 Å². The third-order valence-electron chi connectivity index (χ3n) is 6.53. The molecule has 0 saturated heterocycles. The quantitative estimate of drug-likeness (QED) is 0.107. The van der Waals surface area contributed by atoms with E-state index in [0.717, 1.165) is 34.7 Å². The molecule has 5 rings (SSSR count). The van der Waals surface area contributed by atoms with E-state index in [1.165, 1.54) is 24.3 Å². The minimum atomic E-state index is -4.64. The van der Waals surface area contributed by atoms with Crippen molar-refractivity contribution in [2.75, 3.05) is 11.9 Å². The number of fused-ring (bicyclic) bond motifs is 1. The van der Waals surface area contributed by atoms with Gasteiger partial charge in [-0.05, 0) is 64.8 Å². The maximum atomic E-state index is 13.5. The van der Waals surface area contributed by atoms with Crippen LogP contribution < -0.4 is 15.6 Å². The monoisotopic (exact) mass is 679 g/mol. The highest BCUT2D eigenvalue weighted by Crippen LogP contribution is 2.36. The van der Waals surface area contributed by atoms with Gasteiger partial charge in [-0.1, -0.05) is 42.5 Å². The fraction of sp³-hybridized carbons (Fsp3) is 0.0968. The van der Waals surface area contributed by atoms with E-state index in [9.17, 15) is 32.9 Å². The van der Waals surface area contributed by atoms with Crippen molar-refractivity contribution in [2.24, 2.45) is 5.10 Å². The van der Waals surface area contributed by atoms with Gasteiger partial charge >= 0.3 is 11.9 Å². The Labute approximate surface area is 261 Å². The van der Waals surface area contributed by atoms with Crippen molar-refractivity contribution in [2.45, 2.75) is 13.1 Å². The van der Waals surface area contributed by atoms with Crippen LogP contribution in [0.3, 0.4) is 0 Å². The average Bonchev–Trinajstić information content (AvgIpc) is 3.00. The Morgan fingerprint density at radius 3 is 2.56 bits per heavy atom. The molecule has 0 unspecified atom stereocenters. The Kier molecular flexibility index (Phi) is 8.77. The molecule has 0 fully saturated rings. The summed E-state index contributed by atoms with van der Waals surface area (Å²) in [5, 5.41) is 19.0. The van der Waals surface area contributed by atoms with E-state index in [1.54, 1.807) is 30.3 Å². The molecule has 0 aliphatic heterocycles. The second-order valence-corrected chi connectivity index (χ2v) is 10.5. The van der Waals surface area contributed by atoms with Gasteiger partial charge < -0.3 is 10.1 Å². The third kappa shape index (κ3) is 6.91. The molecular formula is C31H21BrF3N5O5. The van der Waals surface area contributed by atoms with Gasteiger partial charge in [0.05, 0.1) is 32.1 Å².